The summed E-state index contributed by atoms with van der Waals surface area (Å²) in [6.07, 6.45) is 1.66. The van der Waals surface area contributed by atoms with Gasteiger partial charge in [0.05, 0.1) is 12.0 Å². The summed E-state index contributed by atoms with van der Waals surface area (Å²) in [5.74, 6) is 0.740. The molecule has 1 aromatic carbocycles. The monoisotopic (exact) mass is 267 g/mol. The molecule has 0 aromatic heterocycles. The standard InChI is InChI=1S/C11H9NO3S2/c1-15-7-2-3-8(13)6(4-7)5-9-10(16)12-11(14)17-9/h2-5,13H,1H3,(H,12,14,16)/b9-5-. The Morgan fingerprint density at radius 1 is 1.53 bits per heavy atom. The van der Waals surface area contributed by atoms with Gasteiger partial charge in [-0.1, -0.05) is 12.2 Å². The smallest absolute Gasteiger partial charge is 0.289 e. The Balaban J connectivity index is 2.38. The second-order valence-corrected chi connectivity index (χ2v) is 4.70. The highest BCUT2D eigenvalue weighted by Crippen LogP contribution is 2.31. The summed E-state index contributed by atoms with van der Waals surface area (Å²) in [5.41, 5.74) is 0.561. The Morgan fingerprint density at radius 2 is 2.29 bits per heavy atom. The Hall–Kier alpha value is -1.53. The fourth-order valence-electron chi connectivity index (χ4n) is 1.34. The number of rotatable bonds is 2. The van der Waals surface area contributed by atoms with Crippen molar-refractivity contribution < 1.29 is 14.6 Å². The van der Waals surface area contributed by atoms with Crippen LogP contribution in [0.2, 0.25) is 0 Å². The number of phenols is 1. The molecule has 0 radical (unpaired) electrons. The number of hydrogen-bond donors (Lipinski definition) is 2. The van der Waals surface area contributed by atoms with Gasteiger partial charge in [-0.2, -0.15) is 0 Å². The summed E-state index contributed by atoms with van der Waals surface area (Å²) in [7, 11) is 1.54. The van der Waals surface area contributed by atoms with E-state index in [0.717, 1.165) is 11.8 Å². The molecule has 1 aromatic rings. The number of ether oxygens (including phenoxy) is 1. The third-order valence-electron chi connectivity index (χ3n) is 2.16. The van der Waals surface area contributed by atoms with Gasteiger partial charge < -0.3 is 15.2 Å². The largest absolute Gasteiger partial charge is 0.507 e. The summed E-state index contributed by atoms with van der Waals surface area (Å²) >= 11 is 6.00. The number of aromatic hydroxyl groups is 1. The van der Waals surface area contributed by atoms with E-state index in [0.29, 0.717) is 21.2 Å². The number of methoxy groups -OCH3 is 1. The molecule has 0 saturated carbocycles. The maximum absolute atomic E-state index is 11.1. The van der Waals surface area contributed by atoms with E-state index in [4.69, 9.17) is 17.0 Å². The van der Waals surface area contributed by atoms with Crippen molar-refractivity contribution in [3.8, 4) is 11.5 Å². The fourth-order valence-corrected chi connectivity index (χ4v) is 2.36. The van der Waals surface area contributed by atoms with Crippen LogP contribution in [-0.4, -0.2) is 22.4 Å². The van der Waals surface area contributed by atoms with Gasteiger partial charge in [-0.15, -0.1) is 0 Å². The van der Waals surface area contributed by atoms with Crippen LogP contribution in [0.1, 0.15) is 5.56 Å². The second-order valence-electron chi connectivity index (χ2n) is 3.28. The summed E-state index contributed by atoms with van der Waals surface area (Å²) in [6.45, 7) is 0. The van der Waals surface area contributed by atoms with E-state index in [1.807, 2.05) is 0 Å². The van der Waals surface area contributed by atoms with Crippen molar-refractivity contribution in [1.29, 1.82) is 0 Å². The lowest BCUT2D eigenvalue weighted by molar-refractivity contribution is 0.265. The maximum atomic E-state index is 11.1. The topological polar surface area (TPSA) is 58.6 Å². The van der Waals surface area contributed by atoms with Gasteiger partial charge >= 0.3 is 0 Å². The van der Waals surface area contributed by atoms with E-state index in [9.17, 15) is 9.90 Å². The highest BCUT2D eigenvalue weighted by atomic mass is 32.2. The zero-order chi connectivity index (χ0) is 12.4. The van der Waals surface area contributed by atoms with Crippen LogP contribution >= 0.6 is 24.0 Å². The molecule has 4 nitrogen and oxygen atoms in total. The van der Waals surface area contributed by atoms with Gasteiger partial charge in [0.1, 0.15) is 16.5 Å². The molecule has 1 aliphatic rings. The third kappa shape index (κ3) is 2.59. The maximum Gasteiger partial charge on any atom is 0.289 e. The molecule has 1 aliphatic heterocycles. The molecule has 0 bridgehead atoms. The molecule has 0 spiro atoms. The number of phenolic OH excluding ortho intramolecular Hbond substituents is 1. The molecule has 2 rings (SSSR count). The molecule has 0 unspecified atom stereocenters. The third-order valence-corrected chi connectivity index (χ3v) is 3.44. The predicted molar refractivity (Wildman–Crippen MR) is 71.4 cm³/mol. The lowest BCUT2D eigenvalue weighted by Gasteiger charge is -2.04. The quantitative estimate of drug-likeness (QED) is 0.637. The van der Waals surface area contributed by atoms with Gasteiger partial charge in [-0.05, 0) is 36.0 Å². The van der Waals surface area contributed by atoms with Crippen LogP contribution in [0.5, 0.6) is 11.5 Å². The highest BCUT2D eigenvalue weighted by Gasteiger charge is 2.21. The molecular weight excluding hydrogens is 258 g/mol. The minimum atomic E-state index is -0.205. The van der Waals surface area contributed by atoms with Gasteiger partial charge in [0, 0.05) is 5.56 Å². The van der Waals surface area contributed by atoms with Crippen LogP contribution in [0.15, 0.2) is 23.1 Å². The average molecular weight is 267 g/mol. The number of carbonyl (C=O) groups excluding carboxylic acids is 1. The van der Waals surface area contributed by atoms with Crippen LogP contribution in [0.25, 0.3) is 6.08 Å². The summed E-state index contributed by atoms with van der Waals surface area (Å²) < 4.78 is 5.06. The number of thioether (sulfide) groups is 1. The molecule has 2 N–H and O–H groups in total. The van der Waals surface area contributed by atoms with Crippen LogP contribution in [0.4, 0.5) is 4.79 Å². The van der Waals surface area contributed by atoms with Crippen molar-refractivity contribution in [2.75, 3.05) is 7.11 Å². The van der Waals surface area contributed by atoms with E-state index >= 15 is 0 Å². The van der Waals surface area contributed by atoms with Crippen LogP contribution in [-0.2, 0) is 0 Å². The number of hydrogen-bond acceptors (Lipinski definition) is 5. The molecule has 6 heteroatoms. The number of benzene rings is 1. The first-order chi connectivity index (χ1) is 8.10. The number of nitrogens with one attached hydrogen (secondary N) is 1. The molecule has 0 atom stereocenters. The van der Waals surface area contributed by atoms with Crippen molar-refractivity contribution in [2.45, 2.75) is 0 Å². The summed E-state index contributed by atoms with van der Waals surface area (Å²) in [6, 6.07) is 4.86. The highest BCUT2D eigenvalue weighted by molar-refractivity contribution is 8.19. The summed E-state index contributed by atoms with van der Waals surface area (Å²) in [5, 5.41) is 12.0. The first kappa shape index (κ1) is 11.9. The van der Waals surface area contributed by atoms with Crippen molar-refractivity contribution in [3.05, 3.63) is 28.7 Å². The molecule has 17 heavy (non-hydrogen) atoms. The predicted octanol–water partition coefficient (Wildman–Crippen LogP) is 2.53. The van der Waals surface area contributed by atoms with Gasteiger partial charge in [0.2, 0.25) is 0 Å². The lowest BCUT2D eigenvalue weighted by Crippen LogP contribution is -2.15. The normalized spacial score (nSPS) is 17.4. The Morgan fingerprint density at radius 3 is 2.88 bits per heavy atom. The van der Waals surface area contributed by atoms with E-state index in [2.05, 4.69) is 5.32 Å². The number of amides is 1. The second kappa shape index (κ2) is 4.77. The minimum Gasteiger partial charge on any atom is -0.507 e. The molecule has 88 valence electrons. The number of thiocarbonyl (C=S) groups is 1. The van der Waals surface area contributed by atoms with Gasteiger partial charge in [-0.25, -0.2) is 0 Å². The molecule has 0 aliphatic carbocycles. The average Bonchev–Trinajstić information content (AvgIpc) is 2.60. The number of carbonyl (C=O) groups is 1. The van der Waals surface area contributed by atoms with Gasteiger partial charge in [-0.3, -0.25) is 4.79 Å². The lowest BCUT2D eigenvalue weighted by atomic mass is 10.1. The van der Waals surface area contributed by atoms with Crippen LogP contribution < -0.4 is 10.1 Å². The van der Waals surface area contributed by atoms with Gasteiger partial charge in [0.15, 0.2) is 0 Å². The van der Waals surface area contributed by atoms with E-state index in [1.165, 1.54) is 6.07 Å². The van der Waals surface area contributed by atoms with Crippen molar-refractivity contribution in [1.82, 2.24) is 5.32 Å². The van der Waals surface area contributed by atoms with Crippen molar-refractivity contribution in [2.24, 2.45) is 0 Å². The van der Waals surface area contributed by atoms with Crippen molar-refractivity contribution in [3.63, 3.8) is 0 Å². The van der Waals surface area contributed by atoms with E-state index < -0.39 is 0 Å². The SMILES string of the molecule is COc1ccc(O)c(/C=C2\SC(=O)NC2=S)c1. The molecule has 1 heterocycles. The molecule has 1 fully saturated rings. The zero-order valence-corrected chi connectivity index (χ0v) is 10.5. The fraction of sp³-hybridized carbons (Fsp3) is 0.0909. The van der Waals surface area contributed by atoms with E-state index in [1.54, 1.807) is 25.3 Å². The first-order valence-electron chi connectivity index (χ1n) is 4.72. The van der Waals surface area contributed by atoms with Crippen LogP contribution in [0, 0.1) is 0 Å². The van der Waals surface area contributed by atoms with E-state index in [-0.39, 0.29) is 11.0 Å². The van der Waals surface area contributed by atoms with Crippen molar-refractivity contribution >= 4 is 40.3 Å². The van der Waals surface area contributed by atoms with Crippen LogP contribution in [0.3, 0.4) is 0 Å². The summed E-state index contributed by atoms with van der Waals surface area (Å²) in [4.78, 5) is 12.1. The Bertz CT molecular complexity index is 525. The Kier molecular flexibility index (Phi) is 3.35. The Labute approximate surface area is 108 Å². The molecule has 1 saturated heterocycles. The minimum absolute atomic E-state index is 0.112. The molecular formula is C11H9NO3S2. The zero-order valence-electron chi connectivity index (χ0n) is 8.89. The molecule has 1 amide bonds. The van der Waals surface area contributed by atoms with Gasteiger partial charge in [0.25, 0.3) is 5.24 Å². The first-order valence-corrected chi connectivity index (χ1v) is 5.94.